The molecule has 0 unspecified atom stereocenters. The molecule has 1 amide bonds. The Labute approximate surface area is 147 Å². The Hall–Kier alpha value is -2.57. The molecule has 1 aromatic carbocycles. The Morgan fingerprint density at radius 3 is 2.32 bits per heavy atom. The van der Waals surface area contributed by atoms with Gasteiger partial charge >= 0.3 is 18.0 Å². The van der Waals surface area contributed by atoms with Gasteiger partial charge in [-0.2, -0.15) is 0 Å². The van der Waals surface area contributed by atoms with Gasteiger partial charge in [0, 0.05) is 0 Å². The fraction of sp³-hybridized carbons (Fsp3) is 0.500. The molecule has 0 bridgehead atoms. The number of benzene rings is 1. The summed E-state index contributed by atoms with van der Waals surface area (Å²) < 4.78 is 15.1. The molecule has 1 N–H and O–H groups in total. The molecule has 7 heteroatoms. The maximum Gasteiger partial charge on any atom is 0.408 e. The van der Waals surface area contributed by atoms with Crippen molar-refractivity contribution in [2.45, 2.75) is 52.4 Å². The summed E-state index contributed by atoms with van der Waals surface area (Å²) in [4.78, 5) is 34.9. The van der Waals surface area contributed by atoms with Crippen LogP contribution in [0.4, 0.5) is 4.79 Å². The van der Waals surface area contributed by atoms with E-state index in [0.29, 0.717) is 0 Å². The molecule has 0 aliphatic carbocycles. The summed E-state index contributed by atoms with van der Waals surface area (Å²) in [7, 11) is 0. The summed E-state index contributed by atoms with van der Waals surface area (Å²) in [6.07, 6.45) is -0.767. The maximum atomic E-state index is 11.8. The van der Waals surface area contributed by atoms with Gasteiger partial charge in [-0.15, -0.1) is 0 Å². The fourth-order valence-electron chi connectivity index (χ4n) is 1.71. The number of carbonyl (C=O) groups excluding carboxylic acids is 3. The van der Waals surface area contributed by atoms with Crippen molar-refractivity contribution >= 4 is 18.0 Å². The van der Waals surface area contributed by atoms with Crippen molar-refractivity contribution in [2.24, 2.45) is 0 Å². The Balaban J connectivity index is 2.22. The number of carbonyl (C=O) groups is 3. The number of alkyl carbamates (subject to hydrolysis) is 1. The van der Waals surface area contributed by atoms with Crippen LogP contribution in [0.15, 0.2) is 30.3 Å². The van der Waals surface area contributed by atoms with Crippen LogP contribution in [0.1, 0.15) is 39.7 Å². The predicted octanol–water partition coefficient (Wildman–Crippen LogP) is 2.58. The van der Waals surface area contributed by atoms with Crippen LogP contribution in [-0.4, -0.2) is 36.3 Å². The van der Waals surface area contributed by atoms with Crippen LogP contribution in [0, 0.1) is 0 Å². The minimum absolute atomic E-state index is 0.0578. The van der Waals surface area contributed by atoms with Gasteiger partial charge in [0.05, 0.1) is 6.42 Å². The Bertz CT molecular complexity index is 579. The first-order chi connectivity index (χ1) is 11.7. The standard InChI is InChI=1S/C18H25NO6/c1-13(19-17(22)25-18(2,3)4)16(21)23-11-10-15(20)24-12-14-8-6-5-7-9-14/h5-9,13H,10-12H2,1-4H3,(H,19,22)/t13-/m0/s1. The highest BCUT2D eigenvalue weighted by atomic mass is 16.6. The van der Waals surface area contributed by atoms with E-state index in [1.54, 1.807) is 20.8 Å². The summed E-state index contributed by atoms with van der Waals surface area (Å²) in [5.74, 6) is -1.12. The van der Waals surface area contributed by atoms with E-state index < -0.39 is 29.7 Å². The average molecular weight is 351 g/mol. The second-order valence-electron chi connectivity index (χ2n) is 6.43. The lowest BCUT2D eigenvalue weighted by molar-refractivity contribution is -0.151. The molecule has 0 heterocycles. The van der Waals surface area contributed by atoms with Crippen LogP contribution >= 0.6 is 0 Å². The lowest BCUT2D eigenvalue weighted by Gasteiger charge is -2.21. The third-order valence-corrected chi connectivity index (χ3v) is 2.88. The van der Waals surface area contributed by atoms with Crippen LogP contribution in [0.5, 0.6) is 0 Å². The molecule has 1 atom stereocenters. The first-order valence-electron chi connectivity index (χ1n) is 8.03. The highest BCUT2D eigenvalue weighted by Crippen LogP contribution is 2.07. The number of hydrogen-bond acceptors (Lipinski definition) is 6. The van der Waals surface area contributed by atoms with Gasteiger partial charge in [0.2, 0.25) is 0 Å². The van der Waals surface area contributed by atoms with E-state index in [2.05, 4.69) is 5.32 Å². The van der Waals surface area contributed by atoms with Gasteiger partial charge in [0.25, 0.3) is 0 Å². The number of rotatable bonds is 7. The fourth-order valence-corrected chi connectivity index (χ4v) is 1.71. The molecule has 0 aliphatic rings. The largest absolute Gasteiger partial charge is 0.464 e. The zero-order chi connectivity index (χ0) is 18.9. The van der Waals surface area contributed by atoms with Crippen LogP contribution < -0.4 is 5.32 Å². The van der Waals surface area contributed by atoms with E-state index in [1.807, 2.05) is 30.3 Å². The quantitative estimate of drug-likeness (QED) is 0.600. The molecule has 0 aliphatic heterocycles. The second kappa shape index (κ2) is 9.66. The molecule has 25 heavy (non-hydrogen) atoms. The van der Waals surface area contributed by atoms with Crippen molar-refractivity contribution in [2.75, 3.05) is 6.61 Å². The van der Waals surface area contributed by atoms with Crippen LogP contribution in [0.25, 0.3) is 0 Å². The predicted molar refractivity (Wildman–Crippen MR) is 90.6 cm³/mol. The van der Waals surface area contributed by atoms with E-state index in [-0.39, 0.29) is 19.6 Å². The van der Waals surface area contributed by atoms with Gasteiger partial charge < -0.3 is 19.5 Å². The Morgan fingerprint density at radius 1 is 1.08 bits per heavy atom. The van der Waals surface area contributed by atoms with Gasteiger partial charge in [-0.3, -0.25) is 4.79 Å². The molecule has 0 fully saturated rings. The van der Waals surface area contributed by atoms with Gasteiger partial charge in [0.15, 0.2) is 0 Å². The van der Waals surface area contributed by atoms with Gasteiger partial charge in [0.1, 0.15) is 24.9 Å². The van der Waals surface area contributed by atoms with Crippen LogP contribution in [-0.2, 0) is 30.4 Å². The third-order valence-electron chi connectivity index (χ3n) is 2.88. The summed E-state index contributed by atoms with van der Waals surface area (Å²) in [5.41, 5.74) is 0.221. The molecular formula is C18H25NO6. The minimum atomic E-state index is -0.879. The molecule has 1 rings (SSSR count). The first kappa shape index (κ1) is 20.5. The molecule has 1 aromatic rings. The zero-order valence-electron chi connectivity index (χ0n) is 15.0. The minimum Gasteiger partial charge on any atom is -0.464 e. The van der Waals surface area contributed by atoms with Crippen molar-refractivity contribution in [3.63, 3.8) is 0 Å². The SMILES string of the molecule is C[C@H](NC(=O)OC(C)(C)C)C(=O)OCCC(=O)OCc1ccccc1. The molecule has 0 aromatic heterocycles. The van der Waals surface area contributed by atoms with Crippen LogP contribution in [0.2, 0.25) is 0 Å². The Morgan fingerprint density at radius 2 is 1.72 bits per heavy atom. The van der Waals surface area contributed by atoms with Crippen molar-refractivity contribution in [1.82, 2.24) is 5.32 Å². The number of hydrogen-bond donors (Lipinski definition) is 1. The molecule has 0 radical (unpaired) electrons. The van der Waals surface area contributed by atoms with Crippen molar-refractivity contribution in [3.8, 4) is 0 Å². The summed E-state index contributed by atoms with van der Waals surface area (Å²) in [6, 6.07) is 8.38. The van der Waals surface area contributed by atoms with Gasteiger partial charge in [-0.1, -0.05) is 30.3 Å². The highest BCUT2D eigenvalue weighted by molar-refractivity contribution is 5.81. The van der Waals surface area contributed by atoms with E-state index in [0.717, 1.165) is 5.56 Å². The van der Waals surface area contributed by atoms with E-state index in [4.69, 9.17) is 14.2 Å². The molecule has 7 nitrogen and oxygen atoms in total. The topological polar surface area (TPSA) is 90.9 Å². The number of esters is 2. The normalized spacial score (nSPS) is 12.0. The van der Waals surface area contributed by atoms with E-state index in [1.165, 1.54) is 6.92 Å². The van der Waals surface area contributed by atoms with E-state index >= 15 is 0 Å². The second-order valence-corrected chi connectivity index (χ2v) is 6.43. The van der Waals surface area contributed by atoms with Crippen molar-refractivity contribution < 1.29 is 28.6 Å². The molecule has 0 saturated carbocycles. The monoisotopic (exact) mass is 351 g/mol. The summed E-state index contributed by atoms with van der Waals surface area (Å²) in [5, 5.41) is 2.37. The lowest BCUT2D eigenvalue weighted by atomic mass is 10.2. The maximum absolute atomic E-state index is 11.8. The van der Waals surface area contributed by atoms with E-state index in [9.17, 15) is 14.4 Å². The smallest absolute Gasteiger partial charge is 0.408 e. The van der Waals surface area contributed by atoms with Crippen molar-refractivity contribution in [1.29, 1.82) is 0 Å². The number of amides is 1. The van der Waals surface area contributed by atoms with Gasteiger partial charge in [-0.05, 0) is 33.3 Å². The molecule has 0 saturated heterocycles. The summed E-state index contributed by atoms with van der Waals surface area (Å²) in [6.45, 7) is 6.68. The molecule has 0 spiro atoms. The van der Waals surface area contributed by atoms with Crippen molar-refractivity contribution in [3.05, 3.63) is 35.9 Å². The lowest BCUT2D eigenvalue weighted by Crippen LogP contribution is -2.42. The highest BCUT2D eigenvalue weighted by Gasteiger charge is 2.22. The van der Waals surface area contributed by atoms with Gasteiger partial charge in [-0.25, -0.2) is 9.59 Å². The first-order valence-corrected chi connectivity index (χ1v) is 8.03. The summed E-state index contributed by atoms with van der Waals surface area (Å²) >= 11 is 0. The van der Waals surface area contributed by atoms with Crippen LogP contribution in [0.3, 0.4) is 0 Å². The number of ether oxygens (including phenoxy) is 3. The number of nitrogens with one attached hydrogen (secondary N) is 1. The molecule has 138 valence electrons. The third kappa shape index (κ3) is 9.34. The zero-order valence-corrected chi connectivity index (χ0v) is 15.0. The Kier molecular flexibility index (Phi) is 7.91. The average Bonchev–Trinajstić information content (AvgIpc) is 2.51. The molecular weight excluding hydrogens is 326 g/mol.